The molecule has 1 aliphatic carbocycles. The molecule has 3 nitrogen and oxygen atoms in total. The van der Waals surface area contributed by atoms with E-state index in [1.54, 1.807) is 0 Å². The Morgan fingerprint density at radius 1 is 1.30 bits per heavy atom. The summed E-state index contributed by atoms with van der Waals surface area (Å²) in [6.07, 6.45) is 6.47. The van der Waals surface area contributed by atoms with Crippen LogP contribution in [0.3, 0.4) is 0 Å². The molecule has 10 heavy (non-hydrogen) atoms. The summed E-state index contributed by atoms with van der Waals surface area (Å²) in [5.41, 5.74) is 3.46. The van der Waals surface area contributed by atoms with Gasteiger partial charge in [-0.25, -0.2) is 5.43 Å². The number of carbonyl (C=O) groups excluding carboxylic acids is 1. The minimum absolute atomic E-state index is 0.613. The van der Waals surface area contributed by atoms with Crippen molar-refractivity contribution in [3.8, 4) is 0 Å². The summed E-state index contributed by atoms with van der Waals surface area (Å²) in [4.78, 5) is 9.83. The maximum absolute atomic E-state index is 9.83. The third kappa shape index (κ3) is 2.17. The number of nitrogens with one attached hydrogen (secondary N) is 1. The van der Waals surface area contributed by atoms with E-state index in [4.69, 9.17) is 0 Å². The Morgan fingerprint density at radius 2 is 2.00 bits per heavy atom. The lowest BCUT2D eigenvalue weighted by molar-refractivity contribution is -0.109. The Bertz CT molecular complexity index is 135. The van der Waals surface area contributed by atoms with Crippen molar-refractivity contribution in [3.05, 3.63) is 0 Å². The molecule has 1 amide bonds. The van der Waals surface area contributed by atoms with Crippen molar-refractivity contribution < 1.29 is 4.79 Å². The van der Waals surface area contributed by atoms with Gasteiger partial charge in [0.15, 0.2) is 0 Å². The Labute approximate surface area is 60.5 Å². The van der Waals surface area contributed by atoms with E-state index in [1.807, 2.05) is 0 Å². The van der Waals surface area contributed by atoms with Gasteiger partial charge in [0.25, 0.3) is 0 Å². The second-order valence-electron chi connectivity index (χ2n) is 2.49. The molecule has 1 fully saturated rings. The van der Waals surface area contributed by atoms with Crippen LogP contribution in [0.1, 0.15) is 32.1 Å². The van der Waals surface area contributed by atoms with E-state index in [0.29, 0.717) is 6.41 Å². The third-order valence-electron chi connectivity index (χ3n) is 1.71. The summed E-state index contributed by atoms with van der Waals surface area (Å²) < 4.78 is 0. The van der Waals surface area contributed by atoms with Gasteiger partial charge in [-0.1, -0.05) is 6.42 Å². The monoisotopic (exact) mass is 140 g/mol. The Morgan fingerprint density at radius 3 is 2.60 bits per heavy atom. The molecule has 0 spiro atoms. The largest absolute Gasteiger partial charge is 0.277 e. The topological polar surface area (TPSA) is 41.5 Å². The lowest BCUT2D eigenvalue weighted by atomic mass is 9.99. The van der Waals surface area contributed by atoms with E-state index >= 15 is 0 Å². The van der Waals surface area contributed by atoms with Gasteiger partial charge in [-0.15, -0.1) is 0 Å². The molecule has 0 atom stereocenters. The van der Waals surface area contributed by atoms with Crippen LogP contribution in [0, 0.1) is 0 Å². The summed E-state index contributed by atoms with van der Waals surface area (Å²) >= 11 is 0. The Hall–Kier alpha value is -0.860. The molecule has 0 radical (unpaired) electrons. The van der Waals surface area contributed by atoms with E-state index in [2.05, 4.69) is 10.5 Å². The number of nitrogens with zero attached hydrogens (tertiary/aromatic N) is 1. The molecule has 0 saturated heterocycles. The van der Waals surface area contributed by atoms with Crippen molar-refractivity contribution in [1.82, 2.24) is 5.43 Å². The van der Waals surface area contributed by atoms with Gasteiger partial charge in [0, 0.05) is 5.71 Å². The van der Waals surface area contributed by atoms with Gasteiger partial charge in [0.1, 0.15) is 0 Å². The van der Waals surface area contributed by atoms with Crippen LogP contribution in [0.5, 0.6) is 0 Å². The van der Waals surface area contributed by atoms with Crippen molar-refractivity contribution in [2.75, 3.05) is 0 Å². The molecule has 0 aromatic carbocycles. The highest BCUT2D eigenvalue weighted by Crippen LogP contribution is 2.13. The average molecular weight is 140 g/mol. The number of rotatable bonds is 2. The number of hydrogen-bond acceptors (Lipinski definition) is 2. The van der Waals surface area contributed by atoms with Crippen LogP contribution in [0.2, 0.25) is 0 Å². The summed E-state index contributed by atoms with van der Waals surface area (Å²) in [5.74, 6) is 0. The minimum Gasteiger partial charge on any atom is -0.277 e. The van der Waals surface area contributed by atoms with Crippen LogP contribution in [0.15, 0.2) is 5.10 Å². The normalized spacial score (nSPS) is 18.2. The Balaban J connectivity index is 2.30. The van der Waals surface area contributed by atoms with E-state index in [1.165, 1.54) is 19.3 Å². The molecular formula is C7H12N2O. The number of carbonyl (C=O) groups is 1. The van der Waals surface area contributed by atoms with E-state index in [0.717, 1.165) is 18.6 Å². The van der Waals surface area contributed by atoms with Crippen LogP contribution < -0.4 is 5.43 Å². The van der Waals surface area contributed by atoms with Crippen LogP contribution in [-0.4, -0.2) is 12.1 Å². The van der Waals surface area contributed by atoms with E-state index < -0.39 is 0 Å². The first-order valence-corrected chi connectivity index (χ1v) is 3.68. The molecule has 0 unspecified atom stereocenters. The highest BCUT2D eigenvalue weighted by Gasteiger charge is 2.05. The van der Waals surface area contributed by atoms with Gasteiger partial charge in [-0.2, -0.15) is 5.10 Å². The van der Waals surface area contributed by atoms with Gasteiger partial charge in [0.05, 0.1) is 0 Å². The van der Waals surface area contributed by atoms with Gasteiger partial charge in [-0.3, -0.25) is 4.79 Å². The van der Waals surface area contributed by atoms with Gasteiger partial charge in [-0.05, 0) is 25.7 Å². The highest BCUT2D eigenvalue weighted by atomic mass is 16.1. The van der Waals surface area contributed by atoms with Crippen molar-refractivity contribution in [1.29, 1.82) is 0 Å². The first-order chi connectivity index (χ1) is 4.93. The number of hydrogen-bond donors (Lipinski definition) is 1. The summed E-state index contributed by atoms with van der Waals surface area (Å²) in [5, 5.41) is 3.90. The van der Waals surface area contributed by atoms with Crippen LogP contribution >= 0.6 is 0 Å². The van der Waals surface area contributed by atoms with Crippen LogP contribution in [0.25, 0.3) is 0 Å². The van der Waals surface area contributed by atoms with Crippen molar-refractivity contribution >= 4 is 12.1 Å². The fraction of sp³-hybridized carbons (Fsp3) is 0.714. The molecule has 1 rings (SSSR count). The van der Waals surface area contributed by atoms with Crippen molar-refractivity contribution in [2.45, 2.75) is 32.1 Å². The standard InChI is InChI=1S/C7H12N2O/c10-6-8-9-7-4-2-1-3-5-7/h6H,1-5H2,(H,8,10). The lowest BCUT2D eigenvalue weighted by Crippen LogP contribution is -2.11. The molecule has 0 bridgehead atoms. The molecular weight excluding hydrogens is 128 g/mol. The van der Waals surface area contributed by atoms with Crippen LogP contribution in [-0.2, 0) is 4.79 Å². The maximum atomic E-state index is 9.83. The molecule has 1 N–H and O–H groups in total. The van der Waals surface area contributed by atoms with Crippen molar-refractivity contribution in [2.24, 2.45) is 5.10 Å². The van der Waals surface area contributed by atoms with E-state index in [-0.39, 0.29) is 0 Å². The van der Waals surface area contributed by atoms with Crippen molar-refractivity contribution in [3.63, 3.8) is 0 Å². The molecule has 1 saturated carbocycles. The molecule has 0 aliphatic heterocycles. The molecule has 0 heterocycles. The number of hydrazone groups is 1. The second-order valence-corrected chi connectivity index (χ2v) is 2.49. The van der Waals surface area contributed by atoms with Gasteiger partial charge < -0.3 is 0 Å². The summed E-state index contributed by atoms with van der Waals surface area (Å²) in [7, 11) is 0. The highest BCUT2D eigenvalue weighted by molar-refractivity contribution is 5.85. The van der Waals surface area contributed by atoms with Gasteiger partial charge >= 0.3 is 0 Å². The Kier molecular flexibility index (Phi) is 2.93. The minimum atomic E-state index is 0.613. The SMILES string of the molecule is O=CNN=C1CCCCC1. The molecule has 56 valence electrons. The van der Waals surface area contributed by atoms with Crippen LogP contribution in [0.4, 0.5) is 0 Å². The second kappa shape index (κ2) is 4.04. The van der Waals surface area contributed by atoms with Gasteiger partial charge in [0.2, 0.25) is 6.41 Å². The molecule has 0 aromatic rings. The summed E-state index contributed by atoms with van der Waals surface area (Å²) in [6.45, 7) is 0. The average Bonchev–Trinajstić information content (AvgIpc) is 2.03. The molecule has 0 aromatic heterocycles. The fourth-order valence-electron chi connectivity index (χ4n) is 1.19. The molecule has 3 heteroatoms. The smallest absolute Gasteiger partial charge is 0.227 e. The first kappa shape index (κ1) is 7.25. The third-order valence-corrected chi connectivity index (χ3v) is 1.71. The zero-order valence-electron chi connectivity index (χ0n) is 5.97. The number of amides is 1. The quantitative estimate of drug-likeness (QED) is 0.452. The zero-order valence-corrected chi connectivity index (χ0v) is 5.97. The predicted molar refractivity (Wildman–Crippen MR) is 39.7 cm³/mol. The van der Waals surface area contributed by atoms with E-state index in [9.17, 15) is 4.79 Å². The first-order valence-electron chi connectivity index (χ1n) is 3.68. The maximum Gasteiger partial charge on any atom is 0.227 e. The predicted octanol–water partition coefficient (Wildman–Crippen LogP) is 1.05. The lowest BCUT2D eigenvalue weighted by Gasteiger charge is -2.10. The zero-order chi connectivity index (χ0) is 7.23. The molecule has 1 aliphatic rings. The fourth-order valence-corrected chi connectivity index (χ4v) is 1.19. The summed E-state index contributed by atoms with van der Waals surface area (Å²) in [6, 6.07) is 0.